The summed E-state index contributed by atoms with van der Waals surface area (Å²) in [5.41, 5.74) is 3.29. The molecule has 0 aliphatic rings. The molecule has 2 rings (SSSR count). The lowest BCUT2D eigenvalue weighted by atomic mass is 10.1. The number of hydrogen-bond donors (Lipinski definition) is 2. The summed E-state index contributed by atoms with van der Waals surface area (Å²) in [7, 11) is 0. The van der Waals surface area contributed by atoms with Crippen LogP contribution in [-0.4, -0.2) is 5.11 Å². The van der Waals surface area contributed by atoms with E-state index in [1.54, 1.807) is 18.2 Å². The lowest BCUT2D eigenvalue weighted by Gasteiger charge is -2.07. The summed E-state index contributed by atoms with van der Waals surface area (Å²) in [5, 5.41) is 13.6. The number of hydrogen-bond acceptors (Lipinski definition) is 2. The second-order valence-electron chi connectivity index (χ2n) is 4.36. The van der Waals surface area contributed by atoms with E-state index in [9.17, 15) is 5.11 Å². The SMILES string of the molecule is Cc1ccc(CNCc2cc(Cl)ccc2O)cc1.Cl. The highest BCUT2D eigenvalue weighted by Gasteiger charge is 2.01. The second-order valence-corrected chi connectivity index (χ2v) is 4.80. The van der Waals surface area contributed by atoms with Crippen LogP contribution in [-0.2, 0) is 13.1 Å². The lowest BCUT2D eigenvalue weighted by molar-refractivity contribution is 0.464. The molecule has 4 heteroatoms. The summed E-state index contributed by atoms with van der Waals surface area (Å²) in [6.07, 6.45) is 0. The Bertz CT molecular complexity index is 526. The molecule has 0 radical (unpaired) electrons. The summed E-state index contributed by atoms with van der Waals surface area (Å²) in [6.45, 7) is 3.44. The zero-order valence-electron chi connectivity index (χ0n) is 10.7. The standard InChI is InChI=1S/C15H16ClNO.ClH/c1-11-2-4-12(5-3-11)9-17-10-13-8-14(16)6-7-15(13)18;/h2-8,17-18H,9-10H2,1H3;1H. The van der Waals surface area contributed by atoms with E-state index in [0.29, 0.717) is 11.6 Å². The molecular formula is C15H17Cl2NO. The van der Waals surface area contributed by atoms with Crippen LogP contribution in [0.2, 0.25) is 5.02 Å². The number of nitrogens with one attached hydrogen (secondary N) is 1. The Morgan fingerprint density at radius 2 is 1.74 bits per heavy atom. The van der Waals surface area contributed by atoms with Gasteiger partial charge in [-0.15, -0.1) is 12.4 Å². The second kappa shape index (κ2) is 7.39. The van der Waals surface area contributed by atoms with E-state index in [0.717, 1.165) is 12.1 Å². The van der Waals surface area contributed by atoms with Crippen molar-refractivity contribution >= 4 is 24.0 Å². The molecule has 2 nitrogen and oxygen atoms in total. The van der Waals surface area contributed by atoms with Gasteiger partial charge in [-0.25, -0.2) is 0 Å². The largest absolute Gasteiger partial charge is 0.508 e. The van der Waals surface area contributed by atoms with Crippen LogP contribution in [0.15, 0.2) is 42.5 Å². The van der Waals surface area contributed by atoms with E-state index in [2.05, 4.69) is 36.5 Å². The quantitative estimate of drug-likeness (QED) is 0.892. The average molecular weight is 298 g/mol. The summed E-state index contributed by atoms with van der Waals surface area (Å²) in [5.74, 6) is 0.274. The van der Waals surface area contributed by atoms with Crippen molar-refractivity contribution in [2.24, 2.45) is 0 Å². The normalized spacial score (nSPS) is 10.0. The summed E-state index contributed by atoms with van der Waals surface area (Å²) in [4.78, 5) is 0. The first-order chi connectivity index (χ1) is 8.65. The van der Waals surface area contributed by atoms with Crippen molar-refractivity contribution in [1.82, 2.24) is 5.32 Å². The maximum atomic E-state index is 9.67. The van der Waals surface area contributed by atoms with Crippen LogP contribution in [0.25, 0.3) is 0 Å². The fraction of sp³-hybridized carbons (Fsp3) is 0.200. The van der Waals surface area contributed by atoms with Crippen LogP contribution < -0.4 is 5.32 Å². The van der Waals surface area contributed by atoms with Gasteiger partial charge < -0.3 is 10.4 Å². The van der Waals surface area contributed by atoms with Crippen LogP contribution in [0.3, 0.4) is 0 Å². The van der Waals surface area contributed by atoms with Crippen molar-refractivity contribution in [1.29, 1.82) is 0 Å². The zero-order valence-corrected chi connectivity index (χ0v) is 12.3. The van der Waals surface area contributed by atoms with Crippen molar-refractivity contribution in [3.8, 4) is 5.75 Å². The molecule has 0 heterocycles. The Balaban J connectivity index is 0.00000180. The molecule has 2 aromatic carbocycles. The maximum absolute atomic E-state index is 9.67. The minimum absolute atomic E-state index is 0. The Morgan fingerprint density at radius 3 is 2.42 bits per heavy atom. The average Bonchev–Trinajstić information content (AvgIpc) is 2.36. The van der Waals surface area contributed by atoms with Gasteiger partial charge in [-0.3, -0.25) is 0 Å². The van der Waals surface area contributed by atoms with Crippen molar-refractivity contribution in [2.75, 3.05) is 0 Å². The number of rotatable bonds is 4. The van der Waals surface area contributed by atoms with Gasteiger partial charge in [0.2, 0.25) is 0 Å². The third kappa shape index (κ3) is 4.75. The summed E-state index contributed by atoms with van der Waals surface area (Å²) < 4.78 is 0. The molecular weight excluding hydrogens is 281 g/mol. The van der Waals surface area contributed by atoms with Crippen LogP contribution >= 0.6 is 24.0 Å². The van der Waals surface area contributed by atoms with E-state index in [1.165, 1.54) is 11.1 Å². The van der Waals surface area contributed by atoms with Crippen LogP contribution in [0.5, 0.6) is 5.75 Å². The number of aryl methyl sites for hydroxylation is 1. The number of phenols is 1. The van der Waals surface area contributed by atoms with Gasteiger partial charge in [-0.05, 0) is 30.7 Å². The minimum atomic E-state index is 0. The zero-order chi connectivity index (χ0) is 13.0. The molecule has 0 unspecified atom stereocenters. The summed E-state index contributed by atoms with van der Waals surface area (Å²) >= 11 is 5.89. The van der Waals surface area contributed by atoms with Gasteiger partial charge in [0.25, 0.3) is 0 Å². The van der Waals surface area contributed by atoms with Gasteiger partial charge in [0.05, 0.1) is 0 Å². The van der Waals surface area contributed by atoms with E-state index in [4.69, 9.17) is 11.6 Å². The Kier molecular flexibility index (Phi) is 6.16. The Morgan fingerprint density at radius 1 is 1.05 bits per heavy atom. The summed E-state index contributed by atoms with van der Waals surface area (Å²) in [6, 6.07) is 13.5. The molecule has 0 spiro atoms. The highest BCUT2D eigenvalue weighted by atomic mass is 35.5. The smallest absolute Gasteiger partial charge is 0.120 e. The van der Waals surface area contributed by atoms with Gasteiger partial charge in [0, 0.05) is 23.7 Å². The highest BCUT2D eigenvalue weighted by Crippen LogP contribution is 2.21. The van der Waals surface area contributed by atoms with E-state index >= 15 is 0 Å². The first-order valence-corrected chi connectivity index (χ1v) is 6.26. The highest BCUT2D eigenvalue weighted by molar-refractivity contribution is 6.30. The Hall–Kier alpha value is -1.22. The third-order valence-electron chi connectivity index (χ3n) is 2.81. The number of aromatic hydroxyl groups is 1. The van der Waals surface area contributed by atoms with E-state index in [-0.39, 0.29) is 18.2 Å². The van der Waals surface area contributed by atoms with Gasteiger partial charge in [0.15, 0.2) is 0 Å². The van der Waals surface area contributed by atoms with E-state index < -0.39 is 0 Å². The molecule has 0 atom stereocenters. The molecule has 0 saturated heterocycles. The van der Waals surface area contributed by atoms with Crippen LogP contribution in [0.1, 0.15) is 16.7 Å². The molecule has 0 aliphatic heterocycles. The number of phenolic OH excluding ortho intramolecular Hbond substituents is 1. The lowest BCUT2D eigenvalue weighted by Crippen LogP contribution is -2.12. The van der Waals surface area contributed by atoms with Gasteiger partial charge in [-0.2, -0.15) is 0 Å². The molecule has 102 valence electrons. The number of halogens is 2. The number of benzene rings is 2. The predicted octanol–water partition coefficient (Wildman–Crippen LogP) is 4.07. The maximum Gasteiger partial charge on any atom is 0.120 e. The third-order valence-corrected chi connectivity index (χ3v) is 3.04. The molecule has 19 heavy (non-hydrogen) atoms. The molecule has 0 bridgehead atoms. The fourth-order valence-corrected chi connectivity index (χ4v) is 1.94. The monoisotopic (exact) mass is 297 g/mol. The topological polar surface area (TPSA) is 32.3 Å². The van der Waals surface area contributed by atoms with Gasteiger partial charge in [0.1, 0.15) is 5.75 Å². The minimum Gasteiger partial charge on any atom is -0.508 e. The van der Waals surface area contributed by atoms with Gasteiger partial charge >= 0.3 is 0 Å². The first-order valence-electron chi connectivity index (χ1n) is 5.89. The molecule has 0 aliphatic carbocycles. The molecule has 0 aromatic heterocycles. The van der Waals surface area contributed by atoms with Crippen LogP contribution in [0, 0.1) is 6.92 Å². The molecule has 2 aromatic rings. The van der Waals surface area contributed by atoms with Crippen molar-refractivity contribution in [2.45, 2.75) is 20.0 Å². The van der Waals surface area contributed by atoms with Crippen molar-refractivity contribution in [3.05, 3.63) is 64.2 Å². The van der Waals surface area contributed by atoms with E-state index in [1.807, 2.05) is 0 Å². The predicted molar refractivity (Wildman–Crippen MR) is 82.1 cm³/mol. The van der Waals surface area contributed by atoms with Gasteiger partial charge in [-0.1, -0.05) is 41.4 Å². The van der Waals surface area contributed by atoms with Crippen LogP contribution in [0.4, 0.5) is 0 Å². The fourth-order valence-electron chi connectivity index (χ4n) is 1.74. The molecule has 0 saturated carbocycles. The van der Waals surface area contributed by atoms with Crippen molar-refractivity contribution in [3.63, 3.8) is 0 Å². The molecule has 0 fully saturated rings. The molecule has 2 N–H and O–H groups in total. The molecule has 0 amide bonds. The van der Waals surface area contributed by atoms with Crippen molar-refractivity contribution < 1.29 is 5.11 Å². The first kappa shape index (κ1) is 15.8. The Labute approximate surface area is 124 Å².